The summed E-state index contributed by atoms with van der Waals surface area (Å²) in [5, 5.41) is 3.30. The zero-order chi connectivity index (χ0) is 19.5. The SMILES string of the molecule is NC1CCC(Nc2ncc(F)c(-c3cccc(N4CCOCC4=O)c3)n2)CC1. The molecule has 4 rings (SSSR count). The molecule has 8 heteroatoms. The van der Waals surface area contributed by atoms with Gasteiger partial charge >= 0.3 is 0 Å². The predicted octanol–water partition coefficient (Wildman–Crippen LogP) is 2.33. The third kappa shape index (κ3) is 4.13. The number of anilines is 2. The molecular weight excluding hydrogens is 361 g/mol. The second-order valence-corrected chi connectivity index (χ2v) is 7.29. The van der Waals surface area contributed by atoms with Gasteiger partial charge in [0.25, 0.3) is 5.91 Å². The first kappa shape index (κ1) is 18.8. The number of nitrogens with zero attached hydrogens (tertiary/aromatic N) is 3. The smallest absolute Gasteiger partial charge is 0.253 e. The first-order chi connectivity index (χ1) is 13.6. The van der Waals surface area contributed by atoms with Gasteiger partial charge in [-0.1, -0.05) is 12.1 Å². The standard InChI is InChI=1S/C20H24FN5O2/c21-17-11-23-20(24-15-6-4-14(22)5-7-15)25-19(17)13-2-1-3-16(10-13)26-8-9-28-12-18(26)27/h1-3,10-11,14-15H,4-9,12,22H2,(H,23,24,25). The summed E-state index contributed by atoms with van der Waals surface area (Å²) < 4.78 is 19.6. The van der Waals surface area contributed by atoms with E-state index >= 15 is 0 Å². The number of rotatable bonds is 4. The summed E-state index contributed by atoms with van der Waals surface area (Å²) in [5.41, 5.74) is 7.48. The van der Waals surface area contributed by atoms with Crippen molar-refractivity contribution in [3.05, 3.63) is 36.3 Å². The lowest BCUT2D eigenvalue weighted by Crippen LogP contribution is -2.41. The van der Waals surface area contributed by atoms with Crippen LogP contribution in [0.5, 0.6) is 0 Å². The summed E-state index contributed by atoms with van der Waals surface area (Å²) in [6.07, 6.45) is 5.01. The van der Waals surface area contributed by atoms with E-state index in [-0.39, 0.29) is 30.3 Å². The van der Waals surface area contributed by atoms with Gasteiger partial charge in [-0.25, -0.2) is 14.4 Å². The Balaban J connectivity index is 1.56. The van der Waals surface area contributed by atoms with Crippen molar-refractivity contribution in [2.24, 2.45) is 5.73 Å². The van der Waals surface area contributed by atoms with Gasteiger partial charge in [0.1, 0.15) is 12.3 Å². The number of nitrogens with two attached hydrogens (primary N) is 1. The Kier molecular flexibility index (Phi) is 5.50. The fraction of sp³-hybridized carbons (Fsp3) is 0.450. The minimum Gasteiger partial charge on any atom is -0.370 e. The average Bonchev–Trinajstić information content (AvgIpc) is 2.71. The molecule has 1 aromatic carbocycles. The van der Waals surface area contributed by atoms with Gasteiger partial charge in [-0.2, -0.15) is 0 Å². The van der Waals surface area contributed by atoms with Crippen molar-refractivity contribution in [1.29, 1.82) is 0 Å². The fourth-order valence-electron chi connectivity index (χ4n) is 3.70. The highest BCUT2D eigenvalue weighted by atomic mass is 19.1. The minimum atomic E-state index is -0.498. The normalized spacial score (nSPS) is 22.9. The number of aromatic nitrogens is 2. The van der Waals surface area contributed by atoms with E-state index in [0.29, 0.717) is 30.4 Å². The molecule has 2 aliphatic rings. The second-order valence-electron chi connectivity index (χ2n) is 7.29. The van der Waals surface area contributed by atoms with Crippen molar-refractivity contribution in [3.63, 3.8) is 0 Å². The van der Waals surface area contributed by atoms with E-state index < -0.39 is 5.82 Å². The van der Waals surface area contributed by atoms with E-state index in [1.165, 1.54) is 6.20 Å². The van der Waals surface area contributed by atoms with Crippen LogP contribution in [-0.2, 0) is 9.53 Å². The maximum atomic E-state index is 14.5. The van der Waals surface area contributed by atoms with E-state index in [0.717, 1.165) is 25.7 Å². The summed E-state index contributed by atoms with van der Waals surface area (Å²) in [4.78, 5) is 22.2. The number of carbonyl (C=O) groups is 1. The van der Waals surface area contributed by atoms with Crippen LogP contribution in [0.4, 0.5) is 16.0 Å². The van der Waals surface area contributed by atoms with Gasteiger partial charge in [0.05, 0.1) is 12.8 Å². The fourth-order valence-corrected chi connectivity index (χ4v) is 3.70. The number of benzene rings is 1. The van der Waals surface area contributed by atoms with Crippen LogP contribution in [0.1, 0.15) is 25.7 Å². The minimum absolute atomic E-state index is 0.0607. The molecule has 0 unspecified atom stereocenters. The summed E-state index contributed by atoms with van der Waals surface area (Å²) in [6, 6.07) is 7.69. The van der Waals surface area contributed by atoms with Gasteiger partial charge in [0.15, 0.2) is 5.82 Å². The van der Waals surface area contributed by atoms with Crippen molar-refractivity contribution in [1.82, 2.24) is 9.97 Å². The maximum absolute atomic E-state index is 14.5. The molecule has 2 heterocycles. The molecule has 148 valence electrons. The number of hydrogen-bond donors (Lipinski definition) is 2. The molecule has 0 radical (unpaired) electrons. The van der Waals surface area contributed by atoms with Crippen LogP contribution in [0.2, 0.25) is 0 Å². The topological polar surface area (TPSA) is 93.4 Å². The Labute approximate surface area is 163 Å². The zero-order valence-electron chi connectivity index (χ0n) is 15.6. The summed E-state index contributed by atoms with van der Waals surface area (Å²) in [6.45, 7) is 1.02. The zero-order valence-corrected chi connectivity index (χ0v) is 15.6. The molecule has 1 aliphatic carbocycles. The average molecular weight is 385 g/mol. The van der Waals surface area contributed by atoms with Crippen molar-refractivity contribution in [2.75, 3.05) is 30.0 Å². The molecule has 28 heavy (non-hydrogen) atoms. The van der Waals surface area contributed by atoms with E-state index in [1.807, 2.05) is 6.07 Å². The number of carbonyl (C=O) groups excluding carboxylic acids is 1. The Morgan fingerprint density at radius 1 is 1.25 bits per heavy atom. The molecule has 0 atom stereocenters. The largest absolute Gasteiger partial charge is 0.370 e. The lowest BCUT2D eigenvalue weighted by Gasteiger charge is -2.27. The molecule has 1 aliphatic heterocycles. The number of amides is 1. The number of morpholine rings is 1. The second kappa shape index (κ2) is 8.20. The lowest BCUT2D eigenvalue weighted by atomic mass is 9.92. The molecule has 1 amide bonds. The Hall–Kier alpha value is -2.58. The molecule has 7 nitrogen and oxygen atoms in total. The summed E-state index contributed by atoms with van der Waals surface area (Å²) >= 11 is 0. The first-order valence-corrected chi connectivity index (χ1v) is 9.63. The van der Waals surface area contributed by atoms with Crippen LogP contribution < -0.4 is 16.0 Å². The Morgan fingerprint density at radius 2 is 2.07 bits per heavy atom. The van der Waals surface area contributed by atoms with Crippen molar-refractivity contribution < 1.29 is 13.9 Å². The monoisotopic (exact) mass is 385 g/mol. The van der Waals surface area contributed by atoms with Gasteiger partial charge < -0.3 is 20.7 Å². The van der Waals surface area contributed by atoms with Crippen molar-refractivity contribution in [2.45, 2.75) is 37.8 Å². The summed E-state index contributed by atoms with van der Waals surface area (Å²) in [7, 11) is 0. The van der Waals surface area contributed by atoms with Crippen LogP contribution in [-0.4, -0.2) is 47.7 Å². The molecular formula is C20H24FN5O2. The Bertz CT molecular complexity index is 854. The van der Waals surface area contributed by atoms with E-state index in [9.17, 15) is 9.18 Å². The number of halogens is 1. The van der Waals surface area contributed by atoms with Crippen molar-refractivity contribution in [3.8, 4) is 11.3 Å². The highest BCUT2D eigenvalue weighted by Gasteiger charge is 2.22. The van der Waals surface area contributed by atoms with Crippen molar-refractivity contribution >= 4 is 17.5 Å². The predicted molar refractivity (Wildman–Crippen MR) is 104 cm³/mol. The van der Waals surface area contributed by atoms with E-state index in [4.69, 9.17) is 10.5 Å². The van der Waals surface area contributed by atoms with Crippen LogP contribution in [0.25, 0.3) is 11.3 Å². The highest BCUT2D eigenvalue weighted by Crippen LogP contribution is 2.27. The third-order valence-electron chi connectivity index (χ3n) is 5.27. The lowest BCUT2D eigenvalue weighted by molar-refractivity contribution is -0.125. The van der Waals surface area contributed by atoms with Crippen LogP contribution >= 0.6 is 0 Å². The molecule has 0 spiro atoms. The molecule has 0 bridgehead atoms. The third-order valence-corrected chi connectivity index (χ3v) is 5.27. The van der Waals surface area contributed by atoms with Gasteiger partial charge in [0, 0.05) is 29.9 Å². The molecule has 1 saturated heterocycles. The molecule has 2 aromatic rings. The van der Waals surface area contributed by atoms with Crippen LogP contribution in [0.15, 0.2) is 30.5 Å². The summed E-state index contributed by atoms with van der Waals surface area (Å²) in [5.74, 6) is -0.198. The van der Waals surface area contributed by atoms with Gasteiger partial charge in [-0.05, 0) is 37.8 Å². The van der Waals surface area contributed by atoms with Crippen LogP contribution in [0, 0.1) is 5.82 Å². The Morgan fingerprint density at radius 3 is 2.86 bits per heavy atom. The number of nitrogens with one attached hydrogen (secondary N) is 1. The van der Waals surface area contributed by atoms with E-state index in [2.05, 4.69) is 15.3 Å². The first-order valence-electron chi connectivity index (χ1n) is 9.63. The van der Waals surface area contributed by atoms with Gasteiger partial charge in [-0.3, -0.25) is 4.79 Å². The molecule has 3 N–H and O–H groups in total. The molecule has 2 fully saturated rings. The quantitative estimate of drug-likeness (QED) is 0.839. The maximum Gasteiger partial charge on any atom is 0.253 e. The van der Waals surface area contributed by atoms with Crippen LogP contribution in [0.3, 0.4) is 0 Å². The van der Waals surface area contributed by atoms with E-state index in [1.54, 1.807) is 23.1 Å². The van der Waals surface area contributed by atoms with Gasteiger partial charge in [0.2, 0.25) is 5.95 Å². The molecule has 1 saturated carbocycles. The van der Waals surface area contributed by atoms with Gasteiger partial charge in [-0.15, -0.1) is 0 Å². The number of ether oxygens (including phenoxy) is 1. The highest BCUT2D eigenvalue weighted by molar-refractivity contribution is 5.95. The number of hydrogen-bond acceptors (Lipinski definition) is 6. The molecule has 1 aromatic heterocycles.